The first kappa shape index (κ1) is 15.2. The predicted octanol–water partition coefficient (Wildman–Crippen LogP) is 4.39. The van der Waals surface area contributed by atoms with E-state index < -0.39 is 11.9 Å². The molecule has 104 valence electrons. The van der Waals surface area contributed by atoms with Crippen molar-refractivity contribution in [3.8, 4) is 0 Å². The van der Waals surface area contributed by atoms with E-state index in [1.807, 2.05) is 0 Å². The minimum absolute atomic E-state index is 0.478. The second-order valence-electron chi connectivity index (χ2n) is 4.16. The number of halogens is 3. The summed E-state index contributed by atoms with van der Waals surface area (Å²) in [7, 11) is 0. The third kappa shape index (κ3) is 3.66. The second kappa shape index (κ2) is 6.48. The molecule has 1 amide bonds. The van der Waals surface area contributed by atoms with Crippen molar-refractivity contribution in [2.75, 3.05) is 5.32 Å². The lowest BCUT2D eigenvalue weighted by atomic mass is 10.1. The number of hydrogen-bond donors (Lipinski definition) is 2. The maximum atomic E-state index is 11.7. The summed E-state index contributed by atoms with van der Waals surface area (Å²) in [6.45, 7) is 0. The zero-order valence-electron chi connectivity index (χ0n) is 10.2. The molecule has 0 saturated heterocycles. The van der Waals surface area contributed by atoms with E-state index in [0.717, 1.165) is 11.3 Å². The fourth-order valence-electron chi connectivity index (χ4n) is 1.72. The Kier molecular flexibility index (Phi) is 4.91. The molecule has 0 aliphatic carbocycles. The van der Waals surface area contributed by atoms with Gasteiger partial charge < -0.3 is 11.1 Å². The van der Waals surface area contributed by atoms with Crippen molar-refractivity contribution in [1.29, 1.82) is 0 Å². The third-order valence-electron chi connectivity index (χ3n) is 2.72. The highest BCUT2D eigenvalue weighted by Crippen LogP contribution is 2.28. The van der Waals surface area contributed by atoms with Crippen molar-refractivity contribution >= 4 is 50.7 Å². The van der Waals surface area contributed by atoms with Gasteiger partial charge in [-0.2, -0.15) is 0 Å². The zero-order chi connectivity index (χ0) is 14.7. The molecule has 0 radical (unpaired) electrons. The lowest BCUT2D eigenvalue weighted by Gasteiger charge is -2.17. The van der Waals surface area contributed by atoms with Gasteiger partial charge in [0.2, 0.25) is 5.91 Å². The molecule has 0 aromatic heterocycles. The molecule has 0 aliphatic rings. The minimum Gasteiger partial charge on any atom is -0.370 e. The Hall–Kier alpha value is -1.23. The van der Waals surface area contributed by atoms with Gasteiger partial charge >= 0.3 is 0 Å². The number of amides is 1. The highest BCUT2D eigenvalue weighted by molar-refractivity contribution is 9.10. The molecule has 1 unspecified atom stereocenters. The fraction of sp³-hybridized carbons (Fsp3) is 0.0714. The Balaban J connectivity index is 2.29. The van der Waals surface area contributed by atoms with Crippen molar-refractivity contribution in [3.63, 3.8) is 0 Å². The van der Waals surface area contributed by atoms with Crippen LogP contribution in [-0.2, 0) is 4.79 Å². The lowest BCUT2D eigenvalue weighted by molar-refractivity contribution is -0.118. The summed E-state index contributed by atoms with van der Waals surface area (Å²) >= 11 is 15.1. The molecule has 3 nitrogen and oxygen atoms in total. The molecule has 0 heterocycles. The first-order valence-corrected chi connectivity index (χ1v) is 7.28. The monoisotopic (exact) mass is 372 g/mol. The van der Waals surface area contributed by atoms with Gasteiger partial charge in [0.25, 0.3) is 0 Å². The molecule has 20 heavy (non-hydrogen) atoms. The molecular weight excluding hydrogens is 363 g/mol. The molecule has 0 spiro atoms. The third-order valence-corrected chi connectivity index (χ3v) is 4.18. The van der Waals surface area contributed by atoms with Crippen LogP contribution >= 0.6 is 39.1 Å². The van der Waals surface area contributed by atoms with Crippen molar-refractivity contribution in [2.45, 2.75) is 6.04 Å². The number of carbonyl (C=O) groups is 1. The summed E-state index contributed by atoms with van der Waals surface area (Å²) in [4.78, 5) is 11.7. The van der Waals surface area contributed by atoms with Crippen molar-refractivity contribution in [2.24, 2.45) is 5.73 Å². The van der Waals surface area contributed by atoms with Crippen molar-refractivity contribution < 1.29 is 4.79 Å². The molecule has 0 aliphatic heterocycles. The number of nitrogens with two attached hydrogens (primary N) is 1. The van der Waals surface area contributed by atoms with Crippen LogP contribution in [0.4, 0.5) is 5.69 Å². The summed E-state index contributed by atoms with van der Waals surface area (Å²) in [6, 6.07) is 11.6. The van der Waals surface area contributed by atoms with Crippen LogP contribution in [0.25, 0.3) is 0 Å². The summed E-state index contributed by atoms with van der Waals surface area (Å²) in [5.74, 6) is -0.478. The molecule has 1 atom stereocenters. The molecule has 0 saturated carbocycles. The fourth-order valence-corrected chi connectivity index (χ4v) is 2.36. The molecule has 2 aromatic rings. The summed E-state index contributed by atoms with van der Waals surface area (Å²) in [6.07, 6.45) is 0. The van der Waals surface area contributed by atoms with Crippen LogP contribution in [0.15, 0.2) is 46.9 Å². The Morgan fingerprint density at radius 3 is 2.35 bits per heavy atom. The Morgan fingerprint density at radius 2 is 1.80 bits per heavy atom. The van der Waals surface area contributed by atoms with Gasteiger partial charge in [-0.1, -0.05) is 29.3 Å². The van der Waals surface area contributed by atoms with E-state index in [1.165, 1.54) is 0 Å². The highest BCUT2D eigenvalue weighted by atomic mass is 79.9. The first-order chi connectivity index (χ1) is 9.47. The van der Waals surface area contributed by atoms with E-state index in [0.29, 0.717) is 14.5 Å². The van der Waals surface area contributed by atoms with Gasteiger partial charge in [-0.05, 0) is 57.9 Å². The van der Waals surface area contributed by atoms with Gasteiger partial charge in [0, 0.05) is 15.2 Å². The summed E-state index contributed by atoms with van der Waals surface area (Å²) in [5, 5.41) is 4.27. The van der Waals surface area contributed by atoms with Gasteiger partial charge in [-0.3, -0.25) is 4.79 Å². The Labute approximate surface area is 135 Å². The number of hydrogen-bond acceptors (Lipinski definition) is 2. The van der Waals surface area contributed by atoms with Crippen LogP contribution in [0.2, 0.25) is 10.0 Å². The van der Waals surface area contributed by atoms with Crippen LogP contribution in [0.5, 0.6) is 0 Å². The maximum Gasteiger partial charge on any atom is 0.244 e. The highest BCUT2D eigenvalue weighted by Gasteiger charge is 2.18. The first-order valence-electron chi connectivity index (χ1n) is 5.74. The van der Waals surface area contributed by atoms with Gasteiger partial charge in [-0.25, -0.2) is 0 Å². The molecule has 6 heteroatoms. The lowest BCUT2D eigenvalue weighted by Crippen LogP contribution is -2.27. The van der Waals surface area contributed by atoms with Gasteiger partial charge in [0.05, 0.1) is 5.02 Å². The van der Waals surface area contributed by atoms with Gasteiger partial charge in [0.1, 0.15) is 6.04 Å². The topological polar surface area (TPSA) is 55.1 Å². The standard InChI is InChI=1S/C14H11BrCl2N2O/c15-11-7-8(1-6-12(11)17)13(14(18)20)19-10-4-2-9(16)3-5-10/h1-7,13,19H,(H2,18,20). The number of nitrogens with one attached hydrogen (secondary N) is 1. The van der Waals surface area contributed by atoms with Gasteiger partial charge in [-0.15, -0.1) is 0 Å². The van der Waals surface area contributed by atoms with E-state index in [1.54, 1.807) is 42.5 Å². The van der Waals surface area contributed by atoms with Crippen molar-refractivity contribution in [3.05, 3.63) is 62.5 Å². The van der Waals surface area contributed by atoms with E-state index in [9.17, 15) is 4.79 Å². The number of rotatable bonds is 4. The largest absolute Gasteiger partial charge is 0.370 e. The van der Waals surface area contributed by atoms with E-state index in [4.69, 9.17) is 28.9 Å². The Bertz CT molecular complexity index is 632. The predicted molar refractivity (Wildman–Crippen MR) is 86.2 cm³/mol. The number of anilines is 1. The number of carbonyl (C=O) groups excluding carboxylic acids is 1. The van der Waals surface area contributed by atoms with Gasteiger partial charge in [0.15, 0.2) is 0 Å². The van der Waals surface area contributed by atoms with Crippen LogP contribution in [0.3, 0.4) is 0 Å². The smallest absolute Gasteiger partial charge is 0.244 e. The van der Waals surface area contributed by atoms with E-state index >= 15 is 0 Å². The number of primary amides is 1. The number of benzene rings is 2. The second-order valence-corrected chi connectivity index (χ2v) is 5.86. The maximum absolute atomic E-state index is 11.7. The molecule has 2 rings (SSSR count). The van der Waals surface area contributed by atoms with Crippen molar-refractivity contribution in [1.82, 2.24) is 0 Å². The minimum atomic E-state index is -0.648. The normalized spacial score (nSPS) is 11.9. The average molecular weight is 374 g/mol. The molecule has 0 bridgehead atoms. The zero-order valence-corrected chi connectivity index (χ0v) is 13.3. The Morgan fingerprint density at radius 1 is 1.15 bits per heavy atom. The summed E-state index contributed by atoms with van der Waals surface area (Å²) in [5.41, 5.74) is 6.94. The average Bonchev–Trinajstić information content (AvgIpc) is 2.41. The summed E-state index contributed by atoms with van der Waals surface area (Å²) < 4.78 is 0.709. The van der Waals surface area contributed by atoms with Crippen LogP contribution in [0, 0.1) is 0 Å². The van der Waals surface area contributed by atoms with Crippen LogP contribution < -0.4 is 11.1 Å². The SMILES string of the molecule is NC(=O)C(Nc1ccc(Cl)cc1)c1ccc(Cl)c(Br)c1. The van der Waals surface area contributed by atoms with E-state index in [2.05, 4.69) is 21.2 Å². The van der Waals surface area contributed by atoms with Crippen LogP contribution in [0.1, 0.15) is 11.6 Å². The van der Waals surface area contributed by atoms with E-state index in [-0.39, 0.29) is 0 Å². The molecule has 0 fully saturated rings. The molecule has 2 aromatic carbocycles. The molecular formula is C14H11BrCl2N2O. The quantitative estimate of drug-likeness (QED) is 0.834. The van der Waals surface area contributed by atoms with Crippen LogP contribution in [-0.4, -0.2) is 5.91 Å². The molecule has 3 N–H and O–H groups in total.